The number of hydrogen-bond acceptors (Lipinski definition) is 4. The molecular formula is C20H31NO4. The van der Waals surface area contributed by atoms with Crippen LogP contribution in [0.1, 0.15) is 57.1 Å². The van der Waals surface area contributed by atoms with Gasteiger partial charge in [-0.3, -0.25) is 4.79 Å². The molecule has 25 heavy (non-hydrogen) atoms. The third-order valence-electron chi connectivity index (χ3n) is 5.08. The minimum atomic E-state index is -0.834. The van der Waals surface area contributed by atoms with E-state index in [0.29, 0.717) is 13.0 Å². The Kier molecular flexibility index (Phi) is 6.85. The average molecular weight is 349 g/mol. The highest BCUT2D eigenvalue weighted by atomic mass is 16.5. The van der Waals surface area contributed by atoms with Gasteiger partial charge in [0.25, 0.3) is 0 Å². The van der Waals surface area contributed by atoms with Crippen LogP contribution in [0, 0.1) is 0 Å². The Morgan fingerprint density at radius 3 is 2.72 bits per heavy atom. The second-order valence-corrected chi connectivity index (χ2v) is 7.28. The number of fused-ring (bicyclic) bond motifs is 1. The maximum atomic E-state index is 10.9. The maximum absolute atomic E-state index is 10.9. The fourth-order valence-electron chi connectivity index (χ4n) is 3.64. The van der Waals surface area contributed by atoms with Crippen molar-refractivity contribution in [2.75, 3.05) is 26.2 Å². The van der Waals surface area contributed by atoms with Gasteiger partial charge in [0.2, 0.25) is 0 Å². The molecule has 140 valence electrons. The molecule has 0 spiro atoms. The average Bonchev–Trinajstić information content (AvgIpc) is 2.93. The molecule has 1 aliphatic heterocycles. The van der Waals surface area contributed by atoms with Crippen molar-refractivity contribution in [2.45, 2.75) is 58.0 Å². The predicted molar refractivity (Wildman–Crippen MR) is 98.3 cm³/mol. The van der Waals surface area contributed by atoms with Gasteiger partial charge in [0, 0.05) is 11.5 Å². The predicted octanol–water partition coefficient (Wildman–Crippen LogP) is 3.05. The molecule has 0 aromatic heterocycles. The topological polar surface area (TPSA) is 70.0 Å². The standard InChI is InChI=1S/C20H31NO4/c1-4-21(5-2)10-6-9-20(3,24)13-16-14-25-18-8-7-15(11-17(16)18)12-19(22)23/h7-8,11,16,24H,4-6,9-10,12-14H2,1-3H3,(H,22,23)/t16?,20-/m0/s1. The van der Waals surface area contributed by atoms with Crippen molar-refractivity contribution in [1.29, 1.82) is 0 Å². The number of rotatable bonds is 10. The molecule has 0 fully saturated rings. The van der Waals surface area contributed by atoms with Gasteiger partial charge < -0.3 is 19.8 Å². The van der Waals surface area contributed by atoms with Gasteiger partial charge in [-0.15, -0.1) is 0 Å². The number of carbonyl (C=O) groups is 1. The fraction of sp³-hybridized carbons (Fsp3) is 0.650. The Balaban J connectivity index is 1.96. The molecule has 0 bridgehead atoms. The van der Waals surface area contributed by atoms with Gasteiger partial charge in [0.15, 0.2) is 0 Å². The molecule has 1 aliphatic rings. The lowest BCUT2D eigenvalue weighted by Gasteiger charge is -2.27. The molecule has 1 heterocycles. The molecule has 0 saturated heterocycles. The Labute approximate surface area is 150 Å². The molecule has 0 amide bonds. The SMILES string of the molecule is CCN(CC)CCC[C@](C)(O)CC1COc2ccc(CC(=O)O)cc21. The van der Waals surface area contributed by atoms with Crippen LogP contribution in [0.3, 0.4) is 0 Å². The Hall–Kier alpha value is -1.59. The third-order valence-corrected chi connectivity index (χ3v) is 5.08. The minimum absolute atomic E-state index is 0.0141. The summed E-state index contributed by atoms with van der Waals surface area (Å²) in [5.74, 6) is 0.101. The molecule has 1 aromatic rings. The van der Waals surface area contributed by atoms with Crippen molar-refractivity contribution in [2.24, 2.45) is 0 Å². The zero-order chi connectivity index (χ0) is 18.4. The number of aliphatic carboxylic acids is 1. The monoisotopic (exact) mass is 349 g/mol. The van der Waals surface area contributed by atoms with Crippen LogP contribution >= 0.6 is 0 Å². The Morgan fingerprint density at radius 1 is 1.36 bits per heavy atom. The van der Waals surface area contributed by atoms with E-state index in [9.17, 15) is 9.90 Å². The van der Waals surface area contributed by atoms with Gasteiger partial charge >= 0.3 is 5.97 Å². The number of ether oxygens (including phenoxy) is 1. The summed E-state index contributed by atoms with van der Waals surface area (Å²) in [6.45, 7) is 9.84. The summed E-state index contributed by atoms with van der Waals surface area (Å²) in [5, 5.41) is 19.8. The Bertz CT molecular complexity index is 581. The van der Waals surface area contributed by atoms with Crippen LogP contribution in [0.5, 0.6) is 5.75 Å². The summed E-state index contributed by atoms with van der Waals surface area (Å²) in [5.41, 5.74) is 1.07. The van der Waals surface area contributed by atoms with Gasteiger partial charge in [0.05, 0.1) is 18.6 Å². The zero-order valence-corrected chi connectivity index (χ0v) is 15.6. The second-order valence-electron chi connectivity index (χ2n) is 7.28. The summed E-state index contributed by atoms with van der Waals surface area (Å²) in [6, 6.07) is 5.58. The summed E-state index contributed by atoms with van der Waals surface area (Å²) >= 11 is 0. The third kappa shape index (κ3) is 5.72. The fourth-order valence-corrected chi connectivity index (χ4v) is 3.64. The first-order valence-corrected chi connectivity index (χ1v) is 9.26. The molecule has 2 atom stereocenters. The molecule has 0 radical (unpaired) electrons. The quantitative estimate of drug-likeness (QED) is 0.679. The molecule has 2 rings (SSSR count). The minimum Gasteiger partial charge on any atom is -0.493 e. The lowest BCUT2D eigenvalue weighted by molar-refractivity contribution is -0.136. The first-order chi connectivity index (χ1) is 11.8. The number of carboxylic acids is 1. The maximum Gasteiger partial charge on any atom is 0.307 e. The van der Waals surface area contributed by atoms with Gasteiger partial charge in [-0.1, -0.05) is 26.0 Å². The number of hydrogen-bond donors (Lipinski definition) is 2. The highest BCUT2D eigenvalue weighted by Crippen LogP contribution is 2.40. The number of nitrogens with zero attached hydrogens (tertiary/aromatic N) is 1. The first-order valence-electron chi connectivity index (χ1n) is 9.26. The van der Waals surface area contributed by atoms with E-state index in [1.54, 1.807) is 6.07 Å². The number of benzene rings is 1. The first kappa shape index (κ1) is 19.7. The van der Waals surface area contributed by atoms with E-state index >= 15 is 0 Å². The second kappa shape index (κ2) is 8.68. The highest BCUT2D eigenvalue weighted by molar-refractivity contribution is 5.70. The van der Waals surface area contributed by atoms with Crippen molar-refractivity contribution in [3.05, 3.63) is 29.3 Å². The molecule has 0 aliphatic carbocycles. The molecule has 0 saturated carbocycles. The lowest BCUT2D eigenvalue weighted by Crippen LogP contribution is -2.30. The normalized spacial score (nSPS) is 18.7. The van der Waals surface area contributed by atoms with Gasteiger partial charge in [-0.05, 0) is 57.5 Å². The van der Waals surface area contributed by atoms with Crippen LogP contribution in [0.2, 0.25) is 0 Å². The zero-order valence-electron chi connectivity index (χ0n) is 15.6. The van der Waals surface area contributed by atoms with Crippen LogP contribution < -0.4 is 4.74 Å². The summed E-state index contributed by atoms with van der Waals surface area (Å²) in [6.07, 6.45) is 2.37. The van der Waals surface area contributed by atoms with Crippen molar-refractivity contribution in [3.63, 3.8) is 0 Å². The van der Waals surface area contributed by atoms with E-state index in [1.165, 1.54) is 0 Å². The Morgan fingerprint density at radius 2 is 2.08 bits per heavy atom. The van der Waals surface area contributed by atoms with Crippen molar-refractivity contribution in [1.82, 2.24) is 4.90 Å². The largest absolute Gasteiger partial charge is 0.493 e. The van der Waals surface area contributed by atoms with Crippen LogP contribution in [0.4, 0.5) is 0 Å². The van der Waals surface area contributed by atoms with E-state index in [-0.39, 0.29) is 12.3 Å². The van der Waals surface area contributed by atoms with Crippen molar-refractivity contribution >= 4 is 5.97 Å². The molecule has 5 heteroatoms. The molecule has 2 N–H and O–H groups in total. The number of carboxylic acid groups (broad SMARTS) is 1. The van der Waals surface area contributed by atoms with Gasteiger partial charge in [-0.25, -0.2) is 0 Å². The molecule has 1 unspecified atom stereocenters. The van der Waals surface area contributed by atoms with E-state index in [0.717, 1.165) is 49.4 Å². The van der Waals surface area contributed by atoms with Crippen molar-refractivity contribution < 1.29 is 19.7 Å². The van der Waals surface area contributed by atoms with Crippen LogP contribution in [0.15, 0.2) is 18.2 Å². The van der Waals surface area contributed by atoms with E-state index in [1.807, 2.05) is 19.1 Å². The van der Waals surface area contributed by atoms with Gasteiger partial charge in [-0.2, -0.15) is 0 Å². The summed E-state index contributed by atoms with van der Waals surface area (Å²) < 4.78 is 5.73. The van der Waals surface area contributed by atoms with Crippen LogP contribution in [-0.4, -0.2) is 52.9 Å². The van der Waals surface area contributed by atoms with Crippen LogP contribution in [-0.2, 0) is 11.2 Å². The molecular weight excluding hydrogens is 318 g/mol. The lowest BCUT2D eigenvalue weighted by atomic mass is 9.85. The van der Waals surface area contributed by atoms with E-state index in [2.05, 4.69) is 18.7 Å². The smallest absolute Gasteiger partial charge is 0.307 e. The van der Waals surface area contributed by atoms with Gasteiger partial charge in [0.1, 0.15) is 5.75 Å². The highest BCUT2D eigenvalue weighted by Gasteiger charge is 2.32. The van der Waals surface area contributed by atoms with E-state index < -0.39 is 11.6 Å². The van der Waals surface area contributed by atoms with Crippen LogP contribution in [0.25, 0.3) is 0 Å². The molecule has 5 nitrogen and oxygen atoms in total. The van der Waals surface area contributed by atoms with E-state index in [4.69, 9.17) is 9.84 Å². The summed E-state index contributed by atoms with van der Waals surface area (Å²) in [4.78, 5) is 13.3. The molecule has 1 aromatic carbocycles. The number of aliphatic hydroxyl groups is 1. The summed E-state index contributed by atoms with van der Waals surface area (Å²) in [7, 11) is 0. The van der Waals surface area contributed by atoms with Crippen molar-refractivity contribution in [3.8, 4) is 5.75 Å².